The predicted molar refractivity (Wildman–Crippen MR) is 110 cm³/mol. The van der Waals surface area contributed by atoms with Gasteiger partial charge in [0.1, 0.15) is 0 Å². The normalized spacial score (nSPS) is 11.1. The van der Waals surface area contributed by atoms with Gasteiger partial charge in [-0.2, -0.15) is 0 Å². The van der Waals surface area contributed by atoms with Crippen LogP contribution in [-0.4, -0.2) is 34.0 Å². The van der Waals surface area contributed by atoms with E-state index in [1.54, 1.807) is 17.2 Å². The largest absolute Gasteiger partial charge is 0.342 e. The van der Waals surface area contributed by atoms with Crippen LogP contribution in [-0.2, 0) is 11.2 Å². The van der Waals surface area contributed by atoms with Crippen LogP contribution in [0.5, 0.6) is 0 Å². The predicted octanol–water partition coefficient (Wildman–Crippen LogP) is 4.20. The summed E-state index contributed by atoms with van der Waals surface area (Å²) in [6.07, 6.45) is 6.08. The number of carbonyl (C=O) groups is 1. The first-order valence-corrected chi connectivity index (χ1v) is 9.13. The third kappa shape index (κ3) is 4.53. The van der Waals surface area contributed by atoms with E-state index < -0.39 is 0 Å². The smallest absolute Gasteiger partial charge is 0.246 e. The number of likely N-dealkylation sites (N-methyl/N-ethyl adjacent to an activating group) is 1. The van der Waals surface area contributed by atoms with Crippen LogP contribution in [0.2, 0.25) is 0 Å². The summed E-state index contributed by atoms with van der Waals surface area (Å²) < 4.78 is 2.20. The molecule has 0 atom stereocenters. The van der Waals surface area contributed by atoms with Gasteiger partial charge in [-0.25, -0.2) is 0 Å². The summed E-state index contributed by atoms with van der Waals surface area (Å²) in [6.45, 7) is 4.80. The van der Waals surface area contributed by atoms with E-state index in [1.807, 2.05) is 49.5 Å². The standard InChI is InChI=1S/C23H25N3O/c1-18-17-20(19(2)26(18)22-10-5-4-6-11-22)12-13-23(27)25(3)16-14-21-9-7-8-15-24-21/h4-13,15,17H,14,16H2,1-3H3/b13-12+. The molecule has 0 aliphatic heterocycles. The molecular weight excluding hydrogens is 334 g/mol. The summed E-state index contributed by atoms with van der Waals surface area (Å²) in [7, 11) is 1.82. The molecule has 138 valence electrons. The van der Waals surface area contributed by atoms with Crippen molar-refractivity contribution in [3.05, 3.63) is 89.5 Å². The Balaban J connectivity index is 1.68. The lowest BCUT2D eigenvalue weighted by Crippen LogP contribution is -2.27. The Labute approximate surface area is 160 Å². The van der Waals surface area contributed by atoms with Crippen LogP contribution in [0.3, 0.4) is 0 Å². The molecule has 0 spiro atoms. The minimum Gasteiger partial charge on any atom is -0.342 e. The molecule has 0 radical (unpaired) electrons. The summed E-state index contributed by atoms with van der Waals surface area (Å²) in [4.78, 5) is 18.4. The van der Waals surface area contributed by atoms with Crippen LogP contribution >= 0.6 is 0 Å². The van der Waals surface area contributed by atoms with Crippen LogP contribution in [0.1, 0.15) is 22.6 Å². The molecule has 0 fully saturated rings. The van der Waals surface area contributed by atoms with E-state index in [4.69, 9.17) is 0 Å². The number of rotatable bonds is 6. The number of pyridine rings is 1. The minimum atomic E-state index is -0.00422. The van der Waals surface area contributed by atoms with Gasteiger partial charge < -0.3 is 9.47 Å². The molecule has 1 aromatic carbocycles. The van der Waals surface area contributed by atoms with E-state index >= 15 is 0 Å². The summed E-state index contributed by atoms with van der Waals surface area (Å²) in [5.41, 5.74) is 5.45. The molecule has 2 aromatic heterocycles. The van der Waals surface area contributed by atoms with Crippen molar-refractivity contribution in [2.75, 3.05) is 13.6 Å². The first-order valence-electron chi connectivity index (χ1n) is 9.13. The van der Waals surface area contributed by atoms with E-state index in [2.05, 4.69) is 41.6 Å². The fourth-order valence-corrected chi connectivity index (χ4v) is 3.16. The molecule has 3 rings (SSSR count). The molecule has 27 heavy (non-hydrogen) atoms. The molecular formula is C23H25N3O. The fraction of sp³-hybridized carbons (Fsp3) is 0.217. The Kier molecular flexibility index (Phi) is 5.87. The lowest BCUT2D eigenvalue weighted by Gasteiger charge is -2.14. The summed E-state index contributed by atoms with van der Waals surface area (Å²) in [5, 5.41) is 0. The van der Waals surface area contributed by atoms with Crippen molar-refractivity contribution in [1.29, 1.82) is 0 Å². The molecule has 0 bridgehead atoms. The topological polar surface area (TPSA) is 38.1 Å². The zero-order valence-electron chi connectivity index (χ0n) is 16.1. The third-order valence-electron chi connectivity index (χ3n) is 4.70. The SMILES string of the molecule is Cc1cc(/C=C/C(=O)N(C)CCc2ccccn2)c(C)n1-c1ccccc1. The Bertz CT molecular complexity index is 927. The number of amides is 1. The Morgan fingerprint density at radius 1 is 1.11 bits per heavy atom. The average Bonchev–Trinajstić information content (AvgIpc) is 2.99. The molecule has 0 aliphatic rings. The van der Waals surface area contributed by atoms with Gasteiger partial charge in [-0.05, 0) is 55.8 Å². The second-order valence-corrected chi connectivity index (χ2v) is 6.66. The van der Waals surface area contributed by atoms with Crippen molar-refractivity contribution in [2.24, 2.45) is 0 Å². The lowest BCUT2D eigenvalue weighted by molar-refractivity contribution is -0.124. The highest BCUT2D eigenvalue weighted by molar-refractivity contribution is 5.91. The molecule has 0 aliphatic carbocycles. The molecule has 4 heteroatoms. The number of aromatic nitrogens is 2. The van der Waals surface area contributed by atoms with Gasteiger partial charge in [-0.3, -0.25) is 9.78 Å². The van der Waals surface area contributed by atoms with Gasteiger partial charge in [0.25, 0.3) is 0 Å². The van der Waals surface area contributed by atoms with Gasteiger partial charge in [0.2, 0.25) is 5.91 Å². The molecule has 0 saturated carbocycles. The van der Waals surface area contributed by atoms with Gasteiger partial charge in [0.15, 0.2) is 0 Å². The summed E-state index contributed by atoms with van der Waals surface area (Å²) >= 11 is 0. The first kappa shape index (κ1) is 18.6. The lowest BCUT2D eigenvalue weighted by atomic mass is 10.2. The van der Waals surface area contributed by atoms with Crippen molar-refractivity contribution in [1.82, 2.24) is 14.5 Å². The van der Waals surface area contributed by atoms with Gasteiger partial charge in [0.05, 0.1) is 0 Å². The number of nitrogens with zero attached hydrogens (tertiary/aromatic N) is 3. The molecule has 0 N–H and O–H groups in total. The van der Waals surface area contributed by atoms with Crippen LogP contribution in [0, 0.1) is 13.8 Å². The highest BCUT2D eigenvalue weighted by atomic mass is 16.2. The molecule has 3 aromatic rings. The van der Waals surface area contributed by atoms with Gasteiger partial charge in [-0.1, -0.05) is 24.3 Å². The second kappa shape index (κ2) is 8.49. The molecule has 0 unspecified atom stereocenters. The van der Waals surface area contributed by atoms with Gasteiger partial charge >= 0.3 is 0 Å². The van der Waals surface area contributed by atoms with E-state index in [0.29, 0.717) is 6.54 Å². The van der Waals surface area contributed by atoms with E-state index in [-0.39, 0.29) is 5.91 Å². The van der Waals surface area contributed by atoms with Crippen LogP contribution < -0.4 is 0 Å². The van der Waals surface area contributed by atoms with Gasteiger partial charge in [0, 0.05) is 55.1 Å². The van der Waals surface area contributed by atoms with Crippen molar-refractivity contribution < 1.29 is 4.79 Å². The summed E-state index contributed by atoms with van der Waals surface area (Å²) in [5.74, 6) is -0.00422. The van der Waals surface area contributed by atoms with Crippen molar-refractivity contribution in [3.63, 3.8) is 0 Å². The zero-order valence-corrected chi connectivity index (χ0v) is 16.1. The fourth-order valence-electron chi connectivity index (χ4n) is 3.16. The van der Waals surface area contributed by atoms with E-state index in [1.165, 1.54) is 0 Å². The minimum absolute atomic E-state index is 0.00422. The third-order valence-corrected chi connectivity index (χ3v) is 4.70. The molecule has 4 nitrogen and oxygen atoms in total. The summed E-state index contributed by atoms with van der Waals surface area (Å²) in [6, 6.07) is 18.2. The Hall–Kier alpha value is -3.14. The van der Waals surface area contributed by atoms with Crippen LogP contribution in [0.15, 0.2) is 66.9 Å². The van der Waals surface area contributed by atoms with Gasteiger partial charge in [-0.15, -0.1) is 0 Å². The maximum atomic E-state index is 12.4. The average molecular weight is 359 g/mol. The monoisotopic (exact) mass is 359 g/mol. The quantitative estimate of drug-likeness (QED) is 0.619. The maximum Gasteiger partial charge on any atom is 0.246 e. The Morgan fingerprint density at radius 3 is 2.56 bits per heavy atom. The van der Waals surface area contributed by atoms with Crippen LogP contribution in [0.4, 0.5) is 0 Å². The molecule has 0 saturated heterocycles. The Morgan fingerprint density at radius 2 is 1.85 bits per heavy atom. The number of aryl methyl sites for hydroxylation is 1. The van der Waals surface area contributed by atoms with Crippen molar-refractivity contribution >= 4 is 12.0 Å². The van der Waals surface area contributed by atoms with Crippen molar-refractivity contribution in [3.8, 4) is 5.69 Å². The number of carbonyl (C=O) groups excluding carboxylic acids is 1. The first-order chi connectivity index (χ1) is 13.1. The molecule has 2 heterocycles. The highest BCUT2D eigenvalue weighted by Gasteiger charge is 2.10. The zero-order chi connectivity index (χ0) is 19.2. The molecule has 1 amide bonds. The highest BCUT2D eigenvalue weighted by Crippen LogP contribution is 2.21. The maximum absolute atomic E-state index is 12.4. The van der Waals surface area contributed by atoms with E-state index in [9.17, 15) is 4.79 Å². The van der Waals surface area contributed by atoms with E-state index in [0.717, 1.165) is 34.8 Å². The van der Waals surface area contributed by atoms with Crippen LogP contribution in [0.25, 0.3) is 11.8 Å². The second-order valence-electron chi connectivity index (χ2n) is 6.66. The number of benzene rings is 1. The number of para-hydroxylation sites is 1. The van der Waals surface area contributed by atoms with Crippen molar-refractivity contribution in [2.45, 2.75) is 20.3 Å². The number of hydrogen-bond donors (Lipinski definition) is 0. The number of hydrogen-bond acceptors (Lipinski definition) is 2.